The van der Waals surface area contributed by atoms with E-state index in [9.17, 15) is 0 Å². The molecule has 0 spiro atoms. The molecular weight excluding hydrogens is 252 g/mol. The first-order valence-corrected chi connectivity index (χ1v) is 5.92. The van der Waals surface area contributed by atoms with E-state index in [2.05, 4.69) is 58.6 Å². The zero-order valence-electron chi connectivity index (χ0n) is 9.00. The van der Waals surface area contributed by atoms with E-state index in [-0.39, 0.29) is 0 Å². The Hall–Kier alpha value is -0.800. The minimum Gasteiger partial charge on any atom is -0.341 e. The predicted molar refractivity (Wildman–Crippen MR) is 67.9 cm³/mol. The van der Waals surface area contributed by atoms with E-state index in [1.807, 2.05) is 0 Å². The third kappa shape index (κ3) is 1.82. The molecule has 2 nitrogen and oxygen atoms in total. The number of halogens is 1. The molecule has 1 aromatic heterocycles. The van der Waals surface area contributed by atoms with Crippen molar-refractivity contribution in [2.45, 2.75) is 26.4 Å². The maximum atomic E-state index is 5.76. The number of hydrogen-bond acceptors (Lipinski definition) is 1. The van der Waals surface area contributed by atoms with E-state index in [0.717, 1.165) is 4.47 Å². The maximum absolute atomic E-state index is 5.76. The molecule has 80 valence electrons. The van der Waals surface area contributed by atoms with Gasteiger partial charge in [0.25, 0.3) is 0 Å². The van der Waals surface area contributed by atoms with Gasteiger partial charge in [0.05, 0.1) is 0 Å². The molecule has 0 saturated heterocycles. The lowest BCUT2D eigenvalue weighted by Crippen LogP contribution is -2.08. The fourth-order valence-electron chi connectivity index (χ4n) is 2.03. The number of aromatic nitrogens is 1. The zero-order valence-corrected chi connectivity index (χ0v) is 10.6. The van der Waals surface area contributed by atoms with Crippen LogP contribution in [-0.4, -0.2) is 4.57 Å². The Morgan fingerprint density at radius 2 is 2.07 bits per heavy atom. The second-order valence-electron chi connectivity index (χ2n) is 4.01. The SMILES string of the molecule is CC(C)n1c(CN)cc2cc(Br)ccc21. The summed E-state index contributed by atoms with van der Waals surface area (Å²) in [5.74, 6) is 0. The first-order chi connectivity index (χ1) is 7.13. The minimum atomic E-state index is 0.447. The normalized spacial score (nSPS) is 11.5. The van der Waals surface area contributed by atoms with Gasteiger partial charge in [-0.3, -0.25) is 0 Å². The molecule has 0 aliphatic rings. The molecule has 0 atom stereocenters. The van der Waals surface area contributed by atoms with Crippen LogP contribution in [0.2, 0.25) is 0 Å². The number of nitrogens with two attached hydrogens (primary N) is 1. The van der Waals surface area contributed by atoms with E-state index < -0.39 is 0 Å². The molecule has 0 unspecified atom stereocenters. The second-order valence-corrected chi connectivity index (χ2v) is 4.92. The fraction of sp³-hybridized carbons (Fsp3) is 0.333. The zero-order chi connectivity index (χ0) is 11.0. The smallest absolute Gasteiger partial charge is 0.0486 e. The van der Waals surface area contributed by atoms with Crippen LogP contribution >= 0.6 is 15.9 Å². The highest BCUT2D eigenvalue weighted by molar-refractivity contribution is 9.10. The summed E-state index contributed by atoms with van der Waals surface area (Å²) < 4.78 is 3.40. The van der Waals surface area contributed by atoms with Gasteiger partial charge >= 0.3 is 0 Å². The molecule has 3 heteroatoms. The molecule has 2 aromatic rings. The summed E-state index contributed by atoms with van der Waals surface area (Å²) in [6.07, 6.45) is 0. The van der Waals surface area contributed by atoms with Crippen LogP contribution in [0, 0.1) is 0 Å². The van der Waals surface area contributed by atoms with E-state index in [1.54, 1.807) is 0 Å². The topological polar surface area (TPSA) is 30.9 Å². The highest BCUT2D eigenvalue weighted by atomic mass is 79.9. The number of hydrogen-bond donors (Lipinski definition) is 1. The van der Waals surface area contributed by atoms with Crippen molar-refractivity contribution in [2.24, 2.45) is 5.73 Å². The lowest BCUT2D eigenvalue weighted by molar-refractivity contribution is 0.595. The Balaban J connectivity index is 2.74. The van der Waals surface area contributed by atoms with Crippen molar-refractivity contribution in [3.05, 3.63) is 34.4 Å². The molecule has 15 heavy (non-hydrogen) atoms. The van der Waals surface area contributed by atoms with E-state index in [1.165, 1.54) is 16.6 Å². The Morgan fingerprint density at radius 1 is 1.33 bits per heavy atom. The van der Waals surface area contributed by atoms with Gasteiger partial charge in [0.1, 0.15) is 0 Å². The summed E-state index contributed by atoms with van der Waals surface area (Å²) in [6.45, 7) is 4.95. The summed E-state index contributed by atoms with van der Waals surface area (Å²) in [7, 11) is 0. The summed E-state index contributed by atoms with van der Waals surface area (Å²) in [5, 5.41) is 1.25. The first-order valence-electron chi connectivity index (χ1n) is 5.13. The average molecular weight is 267 g/mol. The molecule has 0 saturated carbocycles. The van der Waals surface area contributed by atoms with Crippen LogP contribution in [0.4, 0.5) is 0 Å². The summed E-state index contributed by atoms with van der Waals surface area (Å²) >= 11 is 3.48. The number of rotatable bonds is 2. The molecule has 1 aromatic carbocycles. The van der Waals surface area contributed by atoms with Crippen LogP contribution in [0.1, 0.15) is 25.6 Å². The van der Waals surface area contributed by atoms with Gasteiger partial charge < -0.3 is 10.3 Å². The molecule has 0 fully saturated rings. The second kappa shape index (κ2) is 3.99. The van der Waals surface area contributed by atoms with Crippen molar-refractivity contribution in [3.63, 3.8) is 0 Å². The van der Waals surface area contributed by atoms with Gasteiger partial charge in [0, 0.05) is 33.7 Å². The molecule has 0 aliphatic heterocycles. The van der Waals surface area contributed by atoms with Gasteiger partial charge in [0.2, 0.25) is 0 Å². The van der Waals surface area contributed by atoms with Crippen LogP contribution in [0.3, 0.4) is 0 Å². The Morgan fingerprint density at radius 3 is 2.67 bits per heavy atom. The predicted octanol–water partition coefficient (Wildman–Crippen LogP) is 3.44. The molecular formula is C12H15BrN2. The largest absolute Gasteiger partial charge is 0.341 e. The standard InChI is InChI=1S/C12H15BrN2/c1-8(2)15-11(7-14)6-9-5-10(13)3-4-12(9)15/h3-6,8H,7,14H2,1-2H3. The van der Waals surface area contributed by atoms with Crippen molar-refractivity contribution in [1.29, 1.82) is 0 Å². The monoisotopic (exact) mass is 266 g/mol. The van der Waals surface area contributed by atoms with Gasteiger partial charge in [0.15, 0.2) is 0 Å². The lowest BCUT2D eigenvalue weighted by Gasteiger charge is -2.13. The Kier molecular flexibility index (Phi) is 2.85. The third-order valence-electron chi connectivity index (χ3n) is 2.61. The van der Waals surface area contributed by atoms with Gasteiger partial charge in [-0.25, -0.2) is 0 Å². The highest BCUT2D eigenvalue weighted by Crippen LogP contribution is 2.26. The van der Waals surface area contributed by atoms with E-state index >= 15 is 0 Å². The van der Waals surface area contributed by atoms with Gasteiger partial charge in [-0.1, -0.05) is 15.9 Å². The maximum Gasteiger partial charge on any atom is 0.0486 e. The Bertz CT molecular complexity index is 486. The number of fused-ring (bicyclic) bond motifs is 1. The number of benzene rings is 1. The third-order valence-corrected chi connectivity index (χ3v) is 3.10. The molecule has 2 rings (SSSR count). The van der Waals surface area contributed by atoms with Crippen molar-refractivity contribution in [2.75, 3.05) is 0 Å². The molecule has 0 aliphatic carbocycles. The van der Waals surface area contributed by atoms with E-state index in [0.29, 0.717) is 12.6 Å². The molecule has 0 radical (unpaired) electrons. The van der Waals surface area contributed by atoms with Gasteiger partial charge in [-0.05, 0) is 38.1 Å². The first kappa shape index (κ1) is 10.7. The Labute approximate surface area is 98.2 Å². The fourth-order valence-corrected chi connectivity index (χ4v) is 2.41. The summed E-state index contributed by atoms with van der Waals surface area (Å²) in [5.41, 5.74) is 8.21. The quantitative estimate of drug-likeness (QED) is 0.887. The summed E-state index contributed by atoms with van der Waals surface area (Å²) in [6, 6.07) is 8.95. The lowest BCUT2D eigenvalue weighted by atomic mass is 10.2. The van der Waals surface area contributed by atoms with Gasteiger partial charge in [-0.2, -0.15) is 0 Å². The van der Waals surface area contributed by atoms with Crippen molar-refractivity contribution in [3.8, 4) is 0 Å². The molecule has 1 heterocycles. The van der Waals surface area contributed by atoms with Gasteiger partial charge in [-0.15, -0.1) is 0 Å². The highest BCUT2D eigenvalue weighted by Gasteiger charge is 2.09. The molecule has 0 bridgehead atoms. The molecule has 2 N–H and O–H groups in total. The van der Waals surface area contributed by atoms with E-state index in [4.69, 9.17) is 5.73 Å². The van der Waals surface area contributed by atoms with Crippen molar-refractivity contribution >= 4 is 26.8 Å². The van der Waals surface area contributed by atoms with Crippen LogP contribution in [0.25, 0.3) is 10.9 Å². The van der Waals surface area contributed by atoms with Crippen molar-refractivity contribution in [1.82, 2.24) is 4.57 Å². The van der Waals surface area contributed by atoms with Crippen LogP contribution in [-0.2, 0) is 6.54 Å². The average Bonchev–Trinajstić information content (AvgIpc) is 2.54. The van der Waals surface area contributed by atoms with Crippen LogP contribution < -0.4 is 5.73 Å². The van der Waals surface area contributed by atoms with Crippen LogP contribution in [0.5, 0.6) is 0 Å². The summed E-state index contributed by atoms with van der Waals surface area (Å²) in [4.78, 5) is 0. The van der Waals surface area contributed by atoms with Crippen molar-refractivity contribution < 1.29 is 0 Å². The van der Waals surface area contributed by atoms with Crippen LogP contribution in [0.15, 0.2) is 28.7 Å². The number of nitrogens with zero attached hydrogens (tertiary/aromatic N) is 1. The minimum absolute atomic E-state index is 0.447. The molecule has 0 amide bonds.